The molecule has 0 bridgehead atoms. The molecule has 0 saturated carbocycles. The largest absolute Gasteiger partial charge is 0.478 e. The Bertz CT molecular complexity index is 1000. The van der Waals surface area contributed by atoms with Gasteiger partial charge in [-0.25, -0.2) is 4.79 Å². The van der Waals surface area contributed by atoms with Gasteiger partial charge in [-0.1, -0.05) is 12.1 Å². The fraction of sp³-hybridized carbons (Fsp3) is 0.118. The Labute approximate surface area is 136 Å². The van der Waals surface area contributed by atoms with Crippen LogP contribution in [0.2, 0.25) is 0 Å². The smallest absolute Gasteiger partial charge is 0.416 e. The van der Waals surface area contributed by atoms with Crippen molar-refractivity contribution in [3.8, 4) is 0 Å². The van der Waals surface area contributed by atoms with Gasteiger partial charge in [0.1, 0.15) is 0 Å². The Morgan fingerprint density at radius 3 is 1.76 bits per heavy atom. The van der Waals surface area contributed by atoms with E-state index >= 15 is 0 Å². The first-order chi connectivity index (χ1) is 11.5. The first-order valence-corrected chi connectivity index (χ1v) is 6.87. The predicted octanol–water partition coefficient (Wildman–Crippen LogP) is 5.73. The zero-order chi connectivity index (χ0) is 18.6. The monoisotopic (exact) mass is 358 g/mol. The van der Waals surface area contributed by atoms with Crippen molar-refractivity contribution in [3.63, 3.8) is 0 Å². The van der Waals surface area contributed by atoms with Crippen LogP contribution in [0.1, 0.15) is 21.5 Å². The van der Waals surface area contributed by atoms with Gasteiger partial charge < -0.3 is 5.11 Å². The van der Waals surface area contributed by atoms with E-state index in [4.69, 9.17) is 0 Å². The highest BCUT2D eigenvalue weighted by Crippen LogP contribution is 2.38. The third kappa shape index (κ3) is 2.99. The van der Waals surface area contributed by atoms with E-state index < -0.39 is 29.4 Å². The number of carboxylic acid groups (broad SMARTS) is 1. The van der Waals surface area contributed by atoms with E-state index in [2.05, 4.69) is 0 Å². The zero-order valence-corrected chi connectivity index (χ0v) is 12.2. The molecule has 3 aromatic carbocycles. The number of hydrogen-bond acceptors (Lipinski definition) is 1. The summed E-state index contributed by atoms with van der Waals surface area (Å²) in [5.74, 6) is -1.38. The molecule has 0 aliphatic heterocycles. The van der Waals surface area contributed by atoms with Gasteiger partial charge in [0.15, 0.2) is 0 Å². The van der Waals surface area contributed by atoms with Crippen molar-refractivity contribution in [2.45, 2.75) is 12.4 Å². The van der Waals surface area contributed by atoms with E-state index in [-0.39, 0.29) is 27.1 Å². The molecule has 0 saturated heterocycles. The Kier molecular flexibility index (Phi) is 3.66. The fourth-order valence-electron chi connectivity index (χ4n) is 2.68. The van der Waals surface area contributed by atoms with Crippen LogP contribution in [0.15, 0.2) is 42.5 Å². The number of alkyl halides is 6. The van der Waals surface area contributed by atoms with Crippen LogP contribution in [-0.4, -0.2) is 11.1 Å². The number of aromatic carboxylic acids is 1. The van der Waals surface area contributed by atoms with Gasteiger partial charge in [-0.05, 0) is 51.9 Å². The Morgan fingerprint density at radius 2 is 1.24 bits per heavy atom. The van der Waals surface area contributed by atoms with Crippen LogP contribution < -0.4 is 0 Å². The average molecular weight is 358 g/mol. The summed E-state index contributed by atoms with van der Waals surface area (Å²) in [5.41, 5.74) is -2.38. The second-order valence-corrected chi connectivity index (χ2v) is 5.42. The number of rotatable bonds is 1. The molecular weight excluding hydrogens is 350 g/mol. The summed E-state index contributed by atoms with van der Waals surface area (Å²) in [4.78, 5) is 11.4. The molecule has 0 heterocycles. The first-order valence-electron chi connectivity index (χ1n) is 6.87. The molecule has 0 spiro atoms. The minimum absolute atomic E-state index is 0.0627. The molecule has 3 aromatic rings. The molecule has 25 heavy (non-hydrogen) atoms. The van der Waals surface area contributed by atoms with Gasteiger partial charge in [0.05, 0.1) is 16.7 Å². The van der Waals surface area contributed by atoms with Crippen molar-refractivity contribution >= 4 is 27.5 Å². The number of fused-ring (bicyclic) bond motifs is 3. The van der Waals surface area contributed by atoms with Crippen LogP contribution in [0, 0.1) is 0 Å². The van der Waals surface area contributed by atoms with Crippen molar-refractivity contribution in [2.24, 2.45) is 0 Å². The summed E-state index contributed by atoms with van der Waals surface area (Å²) in [6, 6.07) is 6.01. The molecule has 0 radical (unpaired) electrons. The molecule has 130 valence electrons. The quantitative estimate of drug-likeness (QED) is 0.446. The van der Waals surface area contributed by atoms with Crippen molar-refractivity contribution in [1.82, 2.24) is 0 Å². The number of carboxylic acids is 1. The van der Waals surface area contributed by atoms with Crippen molar-refractivity contribution in [1.29, 1.82) is 0 Å². The lowest BCUT2D eigenvalue weighted by Crippen LogP contribution is -2.06. The number of halogens is 6. The van der Waals surface area contributed by atoms with Gasteiger partial charge >= 0.3 is 18.3 Å². The van der Waals surface area contributed by atoms with Crippen LogP contribution >= 0.6 is 0 Å². The number of hydrogen-bond donors (Lipinski definition) is 1. The first kappa shape index (κ1) is 17.1. The molecular formula is C17H8F6O2. The summed E-state index contributed by atoms with van der Waals surface area (Å²) >= 11 is 0. The summed E-state index contributed by atoms with van der Waals surface area (Å²) in [6.45, 7) is 0. The lowest BCUT2D eigenvalue weighted by Gasteiger charge is -2.13. The Morgan fingerprint density at radius 1 is 0.720 bits per heavy atom. The molecule has 0 fully saturated rings. The Hall–Kier alpha value is -2.77. The van der Waals surface area contributed by atoms with E-state index in [9.17, 15) is 36.2 Å². The van der Waals surface area contributed by atoms with E-state index in [0.29, 0.717) is 12.1 Å². The van der Waals surface area contributed by atoms with Gasteiger partial charge in [0.2, 0.25) is 0 Å². The molecule has 2 nitrogen and oxygen atoms in total. The third-order valence-corrected chi connectivity index (χ3v) is 3.84. The maximum Gasteiger partial charge on any atom is 0.416 e. The lowest BCUT2D eigenvalue weighted by molar-refractivity contribution is -0.138. The summed E-state index contributed by atoms with van der Waals surface area (Å²) in [7, 11) is 0. The molecule has 1 N–H and O–H groups in total. The normalized spacial score (nSPS) is 12.7. The van der Waals surface area contributed by atoms with Crippen molar-refractivity contribution in [2.75, 3.05) is 0 Å². The molecule has 3 rings (SSSR count). The van der Waals surface area contributed by atoms with Crippen LogP contribution in [0.5, 0.6) is 0 Å². The van der Waals surface area contributed by atoms with Gasteiger partial charge in [0.25, 0.3) is 0 Å². The molecule has 0 aromatic heterocycles. The molecule has 8 heteroatoms. The van der Waals surface area contributed by atoms with E-state index in [1.807, 2.05) is 0 Å². The lowest BCUT2D eigenvalue weighted by atomic mass is 9.94. The van der Waals surface area contributed by atoms with E-state index in [1.165, 1.54) is 0 Å². The van der Waals surface area contributed by atoms with Crippen molar-refractivity contribution in [3.05, 3.63) is 59.2 Å². The van der Waals surface area contributed by atoms with Crippen LogP contribution in [0.4, 0.5) is 26.3 Å². The summed E-state index contributed by atoms with van der Waals surface area (Å²) < 4.78 is 77.6. The minimum Gasteiger partial charge on any atom is -0.478 e. The summed E-state index contributed by atoms with van der Waals surface area (Å²) in [5, 5.41) is 9.00. The van der Waals surface area contributed by atoms with Crippen LogP contribution in [0.3, 0.4) is 0 Å². The van der Waals surface area contributed by atoms with Gasteiger partial charge in [-0.2, -0.15) is 26.3 Å². The SMILES string of the molecule is O=C(O)c1cc2ccc(C(F)(F)F)cc2c2cc(C(F)(F)F)ccc12. The molecule has 0 aliphatic carbocycles. The highest BCUT2D eigenvalue weighted by molar-refractivity contribution is 6.16. The van der Waals surface area contributed by atoms with E-state index in [0.717, 1.165) is 30.3 Å². The highest BCUT2D eigenvalue weighted by atomic mass is 19.4. The second kappa shape index (κ2) is 5.37. The van der Waals surface area contributed by atoms with Gasteiger partial charge in [-0.15, -0.1) is 0 Å². The number of benzene rings is 3. The topological polar surface area (TPSA) is 37.3 Å². The minimum atomic E-state index is -4.71. The second-order valence-electron chi connectivity index (χ2n) is 5.42. The highest BCUT2D eigenvalue weighted by Gasteiger charge is 2.32. The van der Waals surface area contributed by atoms with E-state index in [1.54, 1.807) is 0 Å². The molecule has 0 unspecified atom stereocenters. The summed E-state index contributed by atoms with van der Waals surface area (Å²) in [6.07, 6.45) is -9.38. The average Bonchev–Trinajstić information content (AvgIpc) is 2.51. The maximum atomic E-state index is 12.9. The zero-order valence-electron chi connectivity index (χ0n) is 12.2. The van der Waals surface area contributed by atoms with Crippen LogP contribution in [0.25, 0.3) is 21.5 Å². The number of carbonyl (C=O) groups is 1. The Balaban J connectivity index is 2.47. The van der Waals surface area contributed by atoms with Crippen LogP contribution in [-0.2, 0) is 12.4 Å². The molecule has 0 aliphatic rings. The predicted molar refractivity (Wildman–Crippen MR) is 78.4 cm³/mol. The fourth-order valence-corrected chi connectivity index (χ4v) is 2.68. The van der Waals surface area contributed by atoms with Crippen molar-refractivity contribution < 1.29 is 36.2 Å². The maximum absolute atomic E-state index is 12.9. The van der Waals surface area contributed by atoms with Gasteiger partial charge in [0, 0.05) is 0 Å². The van der Waals surface area contributed by atoms with Gasteiger partial charge in [-0.3, -0.25) is 0 Å². The standard InChI is InChI=1S/C17H8F6O2/c18-16(19,20)9-2-1-8-5-14(15(24)25)11-4-3-10(17(21,22)23)7-13(11)12(8)6-9/h1-7H,(H,24,25). The third-order valence-electron chi connectivity index (χ3n) is 3.84. The molecule has 0 amide bonds. The molecule has 0 atom stereocenters.